The number of nitrogens with zero attached hydrogens (tertiary/aromatic N) is 1. The molecule has 6 nitrogen and oxygen atoms in total. The zero-order chi connectivity index (χ0) is 14.3. The van der Waals surface area contributed by atoms with Crippen LogP contribution in [0.5, 0.6) is 0 Å². The molecule has 1 aliphatic heterocycles. The van der Waals surface area contributed by atoms with Crippen molar-refractivity contribution in [3.05, 3.63) is 0 Å². The van der Waals surface area contributed by atoms with Crippen molar-refractivity contribution in [2.24, 2.45) is 5.92 Å². The zero-order valence-corrected chi connectivity index (χ0v) is 12.0. The molecule has 6 heteroatoms. The molecular formula is C13H24N2O4. The molecule has 0 aromatic heterocycles. The lowest BCUT2D eigenvalue weighted by Crippen LogP contribution is -2.46. The molecule has 1 heterocycles. The molecule has 1 fully saturated rings. The lowest BCUT2D eigenvalue weighted by Gasteiger charge is -2.30. The second-order valence-corrected chi connectivity index (χ2v) is 5.02. The van der Waals surface area contributed by atoms with Crippen molar-refractivity contribution < 1.29 is 19.1 Å². The molecule has 19 heavy (non-hydrogen) atoms. The molecule has 0 aromatic carbocycles. The first kappa shape index (κ1) is 15.9. The molecule has 1 aliphatic rings. The van der Waals surface area contributed by atoms with Crippen molar-refractivity contribution in [2.45, 2.75) is 25.8 Å². The highest BCUT2D eigenvalue weighted by atomic mass is 16.5. The maximum atomic E-state index is 11.8. The topological polar surface area (TPSA) is 67.9 Å². The van der Waals surface area contributed by atoms with Crippen LogP contribution in [0.1, 0.15) is 19.8 Å². The van der Waals surface area contributed by atoms with Crippen LogP contribution in [-0.4, -0.2) is 63.3 Å². The average Bonchev–Trinajstić information content (AvgIpc) is 2.38. The Kier molecular flexibility index (Phi) is 6.80. The Balaban J connectivity index is 2.35. The van der Waals surface area contributed by atoms with Crippen molar-refractivity contribution >= 4 is 11.9 Å². The summed E-state index contributed by atoms with van der Waals surface area (Å²) in [5.74, 6) is -0.323. The van der Waals surface area contributed by atoms with Crippen LogP contribution in [0.25, 0.3) is 0 Å². The number of piperidine rings is 1. The van der Waals surface area contributed by atoms with Gasteiger partial charge in [-0.3, -0.25) is 14.5 Å². The lowest BCUT2D eigenvalue weighted by atomic mass is 9.98. The molecule has 1 N–H and O–H groups in total. The third-order valence-corrected chi connectivity index (χ3v) is 3.23. The van der Waals surface area contributed by atoms with Gasteiger partial charge in [-0.15, -0.1) is 0 Å². The number of nitrogens with one attached hydrogen (secondary N) is 1. The van der Waals surface area contributed by atoms with Crippen LogP contribution >= 0.6 is 0 Å². The molecule has 1 rings (SSSR count). The molecule has 0 radical (unpaired) electrons. The second kappa shape index (κ2) is 8.12. The number of hydrogen-bond acceptors (Lipinski definition) is 5. The summed E-state index contributed by atoms with van der Waals surface area (Å²) in [5, 5.41) is 2.86. The third-order valence-electron chi connectivity index (χ3n) is 3.23. The first-order valence-corrected chi connectivity index (χ1v) is 6.65. The highest BCUT2D eigenvalue weighted by Crippen LogP contribution is 2.17. The van der Waals surface area contributed by atoms with Gasteiger partial charge in [0.2, 0.25) is 5.91 Å². The van der Waals surface area contributed by atoms with Crippen LogP contribution in [0.4, 0.5) is 0 Å². The van der Waals surface area contributed by atoms with Gasteiger partial charge in [-0.2, -0.15) is 0 Å². The van der Waals surface area contributed by atoms with Gasteiger partial charge in [0.05, 0.1) is 26.2 Å². The van der Waals surface area contributed by atoms with Gasteiger partial charge >= 0.3 is 5.97 Å². The number of likely N-dealkylation sites (tertiary alicyclic amines) is 1. The smallest absolute Gasteiger partial charge is 0.309 e. The second-order valence-electron chi connectivity index (χ2n) is 5.02. The van der Waals surface area contributed by atoms with Gasteiger partial charge in [0.25, 0.3) is 0 Å². The van der Waals surface area contributed by atoms with E-state index in [-0.39, 0.29) is 23.8 Å². The van der Waals surface area contributed by atoms with Crippen LogP contribution < -0.4 is 5.32 Å². The molecular weight excluding hydrogens is 248 g/mol. The van der Waals surface area contributed by atoms with E-state index in [1.165, 1.54) is 7.11 Å². The molecule has 0 bridgehead atoms. The number of methoxy groups -OCH3 is 2. The number of hydrogen-bond donors (Lipinski definition) is 1. The Bertz CT molecular complexity index is 309. The summed E-state index contributed by atoms with van der Waals surface area (Å²) in [5.41, 5.74) is 0. The van der Waals surface area contributed by atoms with E-state index < -0.39 is 0 Å². The Morgan fingerprint density at radius 1 is 1.42 bits per heavy atom. The quantitative estimate of drug-likeness (QED) is 0.691. The lowest BCUT2D eigenvalue weighted by molar-refractivity contribution is -0.147. The fraction of sp³-hybridized carbons (Fsp3) is 0.846. The molecule has 0 aromatic rings. The fourth-order valence-corrected chi connectivity index (χ4v) is 2.37. The minimum absolute atomic E-state index is 0.00121. The van der Waals surface area contributed by atoms with Gasteiger partial charge in [-0.1, -0.05) is 0 Å². The Hall–Kier alpha value is -1.14. The molecule has 1 unspecified atom stereocenters. The molecule has 0 saturated carbocycles. The van der Waals surface area contributed by atoms with Crippen molar-refractivity contribution in [3.8, 4) is 0 Å². The standard InChI is InChI=1S/C13H24N2O4/c1-10(9-18-2)14-12(16)8-15-6-4-5-11(7-15)13(17)19-3/h10-11H,4-9H2,1-3H3,(H,14,16)/t10?,11-/m0/s1. The predicted molar refractivity (Wildman–Crippen MR) is 70.7 cm³/mol. The number of amides is 1. The van der Waals surface area contributed by atoms with Crippen LogP contribution in [0.15, 0.2) is 0 Å². The Morgan fingerprint density at radius 3 is 2.79 bits per heavy atom. The SMILES string of the molecule is COCC(C)NC(=O)CN1CCC[C@H](C(=O)OC)C1. The summed E-state index contributed by atoms with van der Waals surface area (Å²) < 4.78 is 9.72. The van der Waals surface area contributed by atoms with Crippen molar-refractivity contribution in [1.82, 2.24) is 10.2 Å². The number of ether oxygens (including phenoxy) is 2. The normalized spacial score (nSPS) is 21.7. The summed E-state index contributed by atoms with van der Waals surface area (Å²) in [7, 11) is 3.01. The first-order valence-electron chi connectivity index (χ1n) is 6.65. The molecule has 1 saturated heterocycles. The number of carbonyl (C=O) groups is 2. The van der Waals surface area contributed by atoms with E-state index in [9.17, 15) is 9.59 Å². The number of carbonyl (C=O) groups excluding carboxylic acids is 2. The largest absolute Gasteiger partial charge is 0.469 e. The summed E-state index contributed by atoms with van der Waals surface area (Å²) in [6.07, 6.45) is 1.76. The van der Waals surface area contributed by atoms with E-state index in [0.717, 1.165) is 19.4 Å². The Labute approximate surface area is 114 Å². The molecule has 0 aliphatic carbocycles. The first-order chi connectivity index (χ1) is 9.06. The molecule has 110 valence electrons. The summed E-state index contributed by atoms with van der Waals surface area (Å²) in [6.45, 7) is 4.16. The van der Waals surface area contributed by atoms with E-state index in [4.69, 9.17) is 9.47 Å². The van der Waals surface area contributed by atoms with E-state index in [1.54, 1.807) is 7.11 Å². The maximum absolute atomic E-state index is 11.8. The van der Waals surface area contributed by atoms with Crippen LogP contribution in [0.2, 0.25) is 0 Å². The van der Waals surface area contributed by atoms with Crippen molar-refractivity contribution in [3.63, 3.8) is 0 Å². The van der Waals surface area contributed by atoms with Gasteiger partial charge in [0.15, 0.2) is 0 Å². The van der Waals surface area contributed by atoms with Crippen LogP contribution in [0, 0.1) is 5.92 Å². The van der Waals surface area contributed by atoms with Gasteiger partial charge < -0.3 is 14.8 Å². The van der Waals surface area contributed by atoms with Crippen molar-refractivity contribution in [1.29, 1.82) is 0 Å². The fourth-order valence-electron chi connectivity index (χ4n) is 2.37. The van der Waals surface area contributed by atoms with Gasteiger partial charge in [-0.05, 0) is 26.3 Å². The van der Waals surface area contributed by atoms with Gasteiger partial charge in [-0.25, -0.2) is 0 Å². The monoisotopic (exact) mass is 272 g/mol. The summed E-state index contributed by atoms with van der Waals surface area (Å²) >= 11 is 0. The maximum Gasteiger partial charge on any atom is 0.309 e. The third kappa shape index (κ3) is 5.57. The summed E-state index contributed by atoms with van der Waals surface area (Å²) in [6, 6.07) is -0.00121. The van der Waals surface area contributed by atoms with Crippen molar-refractivity contribution in [2.75, 3.05) is 40.5 Å². The van der Waals surface area contributed by atoms with Crippen LogP contribution in [-0.2, 0) is 19.1 Å². The van der Waals surface area contributed by atoms with Gasteiger partial charge in [0.1, 0.15) is 0 Å². The highest BCUT2D eigenvalue weighted by molar-refractivity contribution is 5.78. The summed E-state index contributed by atoms with van der Waals surface area (Å²) in [4.78, 5) is 25.3. The average molecular weight is 272 g/mol. The molecule has 2 atom stereocenters. The number of esters is 1. The van der Waals surface area contributed by atoms with E-state index >= 15 is 0 Å². The highest BCUT2D eigenvalue weighted by Gasteiger charge is 2.27. The van der Waals surface area contributed by atoms with E-state index in [2.05, 4.69) is 5.32 Å². The van der Waals surface area contributed by atoms with E-state index in [0.29, 0.717) is 19.7 Å². The van der Waals surface area contributed by atoms with Gasteiger partial charge in [0, 0.05) is 19.7 Å². The minimum atomic E-state index is -0.183. The Morgan fingerprint density at radius 2 is 2.16 bits per heavy atom. The predicted octanol–water partition coefficient (Wildman–Crippen LogP) is 0.0225. The van der Waals surface area contributed by atoms with Crippen LogP contribution in [0.3, 0.4) is 0 Å². The molecule has 0 spiro atoms. The minimum Gasteiger partial charge on any atom is -0.469 e. The molecule has 1 amide bonds. The zero-order valence-electron chi connectivity index (χ0n) is 12.0. The van der Waals surface area contributed by atoms with E-state index in [1.807, 2.05) is 11.8 Å². The number of rotatable bonds is 6.